The van der Waals surface area contributed by atoms with Crippen LogP contribution in [-0.4, -0.2) is 96.7 Å². The highest BCUT2D eigenvalue weighted by atomic mass is 31.2. The quantitative estimate of drug-likeness (QED) is 0.0169. The van der Waals surface area contributed by atoms with Crippen LogP contribution in [0.15, 0.2) is 134 Å². The van der Waals surface area contributed by atoms with Crippen LogP contribution in [0.1, 0.15) is 297 Å². The number of aliphatic hydroxyl groups excluding tert-OH is 1. The van der Waals surface area contributed by atoms with E-state index in [9.17, 15) is 43.2 Å². The minimum Gasteiger partial charge on any atom is -0.462 e. The van der Waals surface area contributed by atoms with Gasteiger partial charge < -0.3 is 33.8 Å². The monoisotopic (exact) mass is 1440 g/mol. The van der Waals surface area contributed by atoms with Gasteiger partial charge in [0.15, 0.2) is 12.2 Å². The van der Waals surface area contributed by atoms with E-state index in [-0.39, 0.29) is 25.7 Å². The van der Waals surface area contributed by atoms with Crippen molar-refractivity contribution in [3.8, 4) is 0 Å². The SMILES string of the molecule is CC/C=C\C/C=C\C/C=C\C/C=C\C/C=C\C/C=C\CCC(=O)OCC(COP(=O)(O)OCC(O)COP(=O)(O)OCC(COC(=O)CCCCCCC/C=C\C/C=C\CCCCC)OC(=O)CCCCCCCCCCCCC)OC(=O)CCCCCCC/C=C\C/C=C\C/C=C\CC. The van der Waals surface area contributed by atoms with E-state index in [1.54, 1.807) is 0 Å². The number of aliphatic hydroxyl groups is 1. The third-order valence-electron chi connectivity index (χ3n) is 15.6. The number of hydrogen-bond acceptors (Lipinski definition) is 15. The number of esters is 4. The first-order chi connectivity index (χ1) is 48.7. The summed E-state index contributed by atoms with van der Waals surface area (Å²) in [6, 6.07) is 0. The zero-order valence-corrected chi connectivity index (χ0v) is 64.1. The molecule has 0 aliphatic carbocycles. The standard InChI is InChI=1S/C81H136O17P2/c1-5-9-13-17-21-25-29-32-35-36-37-38-41-43-47-50-54-58-62-66-79(84)92-72-77(98-81(86)68-64-60-56-52-48-44-40-34-31-27-23-19-15-11-7-3)74-96-100(89,90)94-70-75(82)69-93-99(87,88)95-73-76(97-80(85)67-63-59-55-51-45-28-24-20-16-12-8-4)71-91-78(83)65-61-57-53-49-46-42-39-33-30-26-22-18-14-10-6-2/h9,11,13,15,21-23,25-27,32-35,37-40,43,47,54,58,75-77,82H,5-8,10,12,14,16-20,24,28-31,36,41-42,44-46,48-53,55-57,59-74H2,1-4H3,(H,87,88)(H,89,90)/b13-9-,15-11-,25-21-,26-22-,27-23-,35-32-,38-37-,39-33-,40-34-,47-43-,58-54-. The Balaban J connectivity index is 5.42. The maximum absolute atomic E-state index is 13.1. The van der Waals surface area contributed by atoms with Crippen molar-refractivity contribution < 1.29 is 80.2 Å². The lowest BCUT2D eigenvalue weighted by Gasteiger charge is -2.21. The van der Waals surface area contributed by atoms with Crippen LogP contribution >= 0.6 is 15.6 Å². The first-order valence-electron chi connectivity index (χ1n) is 38.4. The van der Waals surface area contributed by atoms with E-state index in [1.165, 1.54) is 57.8 Å². The fourth-order valence-corrected chi connectivity index (χ4v) is 11.4. The molecule has 5 atom stereocenters. The molecule has 3 N–H and O–H groups in total. The van der Waals surface area contributed by atoms with Gasteiger partial charge in [-0.2, -0.15) is 0 Å². The number of allylic oxidation sites excluding steroid dienone is 22. The van der Waals surface area contributed by atoms with Gasteiger partial charge in [-0.25, -0.2) is 9.13 Å². The molecule has 0 saturated heterocycles. The Kier molecular flexibility index (Phi) is 69.1. The number of rotatable bonds is 71. The highest BCUT2D eigenvalue weighted by molar-refractivity contribution is 7.47. The van der Waals surface area contributed by atoms with Crippen LogP contribution in [0.25, 0.3) is 0 Å². The molecule has 0 aliphatic rings. The summed E-state index contributed by atoms with van der Waals surface area (Å²) in [6.45, 7) is 4.49. The summed E-state index contributed by atoms with van der Waals surface area (Å²) >= 11 is 0. The Labute approximate surface area is 605 Å². The number of phosphoric acid groups is 2. The zero-order chi connectivity index (χ0) is 73.2. The predicted octanol–water partition coefficient (Wildman–Crippen LogP) is 22.1. The lowest BCUT2D eigenvalue weighted by molar-refractivity contribution is -0.161. The normalized spacial score (nSPS) is 14.7. The summed E-state index contributed by atoms with van der Waals surface area (Å²) in [4.78, 5) is 72.8. The number of unbranched alkanes of at least 4 members (excludes halogenated alkanes) is 23. The second-order valence-corrected chi connectivity index (χ2v) is 28.1. The van der Waals surface area contributed by atoms with Crippen LogP contribution in [0.4, 0.5) is 0 Å². The maximum Gasteiger partial charge on any atom is 0.472 e. The molecule has 17 nitrogen and oxygen atoms in total. The maximum atomic E-state index is 13.1. The molecular formula is C81H136O17P2. The van der Waals surface area contributed by atoms with Gasteiger partial charge in [-0.15, -0.1) is 0 Å². The topological polar surface area (TPSA) is 237 Å². The van der Waals surface area contributed by atoms with Crippen molar-refractivity contribution in [1.29, 1.82) is 0 Å². The molecule has 0 amide bonds. The third-order valence-corrected chi connectivity index (χ3v) is 17.5. The van der Waals surface area contributed by atoms with E-state index < -0.39 is 97.5 Å². The summed E-state index contributed by atoms with van der Waals surface area (Å²) < 4.78 is 68.4. The summed E-state index contributed by atoms with van der Waals surface area (Å²) in [6.07, 6.45) is 80.3. The first-order valence-corrected chi connectivity index (χ1v) is 41.4. The molecule has 0 saturated carbocycles. The Morgan fingerprint density at radius 2 is 0.540 bits per heavy atom. The molecule has 0 radical (unpaired) electrons. The molecule has 0 rings (SSSR count). The molecule has 0 fully saturated rings. The van der Waals surface area contributed by atoms with Crippen molar-refractivity contribution in [2.75, 3.05) is 39.6 Å². The van der Waals surface area contributed by atoms with Crippen molar-refractivity contribution in [3.63, 3.8) is 0 Å². The fraction of sp³-hybridized carbons (Fsp3) is 0.679. The highest BCUT2D eigenvalue weighted by Gasteiger charge is 2.30. The summed E-state index contributed by atoms with van der Waals surface area (Å²) in [7, 11) is -9.98. The van der Waals surface area contributed by atoms with Gasteiger partial charge in [0, 0.05) is 25.7 Å². The van der Waals surface area contributed by atoms with Crippen molar-refractivity contribution in [2.24, 2.45) is 0 Å². The van der Waals surface area contributed by atoms with Gasteiger partial charge in [0.1, 0.15) is 19.3 Å². The van der Waals surface area contributed by atoms with Gasteiger partial charge in [-0.3, -0.25) is 37.3 Å². The van der Waals surface area contributed by atoms with Crippen LogP contribution < -0.4 is 0 Å². The molecule has 0 aromatic rings. The molecule has 0 aromatic carbocycles. The van der Waals surface area contributed by atoms with Crippen LogP contribution in [-0.2, 0) is 65.4 Å². The summed E-state index contributed by atoms with van der Waals surface area (Å²) in [5.74, 6) is -2.31. The molecule has 0 aromatic heterocycles. The molecule has 0 aliphatic heterocycles. The average molecular weight is 1440 g/mol. The Bertz CT molecular complexity index is 2420. The van der Waals surface area contributed by atoms with Crippen molar-refractivity contribution in [3.05, 3.63) is 134 Å². The molecule has 5 unspecified atom stereocenters. The van der Waals surface area contributed by atoms with Crippen LogP contribution in [0, 0.1) is 0 Å². The smallest absolute Gasteiger partial charge is 0.462 e. The highest BCUT2D eigenvalue weighted by Crippen LogP contribution is 2.45. The Morgan fingerprint density at radius 1 is 0.290 bits per heavy atom. The van der Waals surface area contributed by atoms with Gasteiger partial charge in [0.25, 0.3) is 0 Å². The lowest BCUT2D eigenvalue weighted by atomic mass is 10.1. The average Bonchev–Trinajstić information content (AvgIpc) is 0.985. The Morgan fingerprint density at radius 3 is 0.880 bits per heavy atom. The van der Waals surface area contributed by atoms with Crippen LogP contribution in [0.5, 0.6) is 0 Å². The van der Waals surface area contributed by atoms with E-state index >= 15 is 0 Å². The minimum absolute atomic E-state index is 0.0290. The number of hydrogen-bond donors (Lipinski definition) is 3. The molecule has 0 spiro atoms. The van der Waals surface area contributed by atoms with Crippen molar-refractivity contribution in [1.82, 2.24) is 0 Å². The first kappa shape index (κ1) is 95.2. The van der Waals surface area contributed by atoms with E-state index in [0.29, 0.717) is 32.1 Å². The van der Waals surface area contributed by atoms with Gasteiger partial charge in [0.2, 0.25) is 0 Å². The third kappa shape index (κ3) is 71.6. The number of ether oxygens (including phenoxy) is 4. The van der Waals surface area contributed by atoms with Crippen molar-refractivity contribution in [2.45, 2.75) is 316 Å². The van der Waals surface area contributed by atoms with Crippen molar-refractivity contribution >= 4 is 39.5 Å². The molecule has 0 bridgehead atoms. The molecule has 0 heterocycles. The van der Waals surface area contributed by atoms with Gasteiger partial charge in [-0.1, -0.05) is 277 Å². The number of carbonyl (C=O) groups is 4. The second-order valence-electron chi connectivity index (χ2n) is 25.2. The lowest BCUT2D eigenvalue weighted by Crippen LogP contribution is -2.30. The Hall–Kier alpha value is -4.80. The molecule has 572 valence electrons. The second kappa shape index (κ2) is 72.5. The number of carbonyl (C=O) groups excluding carboxylic acids is 4. The summed E-state index contributed by atoms with van der Waals surface area (Å²) in [5, 5.41) is 10.6. The largest absolute Gasteiger partial charge is 0.472 e. The van der Waals surface area contributed by atoms with E-state index in [4.69, 9.17) is 37.0 Å². The molecule has 19 heteroatoms. The van der Waals surface area contributed by atoms with E-state index in [1.807, 2.05) is 18.2 Å². The van der Waals surface area contributed by atoms with Crippen LogP contribution in [0.3, 0.4) is 0 Å². The molecule has 100 heavy (non-hydrogen) atoms. The number of phosphoric ester groups is 2. The van der Waals surface area contributed by atoms with Gasteiger partial charge in [-0.05, 0) is 128 Å². The molecular weight excluding hydrogens is 1310 g/mol. The predicted molar refractivity (Wildman–Crippen MR) is 408 cm³/mol. The fourth-order valence-electron chi connectivity index (χ4n) is 9.82. The van der Waals surface area contributed by atoms with E-state index in [0.717, 1.165) is 154 Å². The van der Waals surface area contributed by atoms with Crippen LogP contribution in [0.2, 0.25) is 0 Å². The van der Waals surface area contributed by atoms with E-state index in [2.05, 4.69) is 143 Å². The zero-order valence-electron chi connectivity index (χ0n) is 62.3. The minimum atomic E-state index is -5.00. The van der Waals surface area contributed by atoms with Gasteiger partial charge in [0.05, 0.1) is 26.4 Å². The summed E-state index contributed by atoms with van der Waals surface area (Å²) in [5.41, 5.74) is 0. The van der Waals surface area contributed by atoms with Gasteiger partial charge >= 0.3 is 39.5 Å².